The zero-order valence-electron chi connectivity index (χ0n) is 14.9. The molecule has 0 spiro atoms. The van der Waals surface area contributed by atoms with Crippen molar-refractivity contribution in [3.8, 4) is 0 Å². The van der Waals surface area contributed by atoms with Crippen LogP contribution in [0, 0.1) is 5.92 Å². The average Bonchev–Trinajstić information content (AvgIpc) is 2.92. The van der Waals surface area contributed by atoms with Crippen molar-refractivity contribution in [2.24, 2.45) is 11.7 Å². The monoisotopic (exact) mass is 346 g/mol. The molecule has 6 heteroatoms. The zero-order chi connectivity index (χ0) is 18.6. The number of hydrogen-bond donors (Lipinski definition) is 3. The predicted octanol–water partition coefficient (Wildman–Crippen LogP) is 2.86. The highest BCUT2D eigenvalue weighted by Gasteiger charge is 2.25. The highest BCUT2D eigenvalue weighted by Crippen LogP contribution is 2.23. The van der Waals surface area contributed by atoms with Gasteiger partial charge in [-0.1, -0.05) is 18.2 Å². The number of fused-ring (bicyclic) bond motifs is 1. The number of ether oxygens (including phenoxy) is 1. The molecule has 0 fully saturated rings. The van der Waals surface area contributed by atoms with Gasteiger partial charge in [-0.3, -0.25) is 9.59 Å². The molecule has 2 rings (SSSR count). The lowest BCUT2D eigenvalue weighted by atomic mass is 9.93. The molecule has 6 nitrogen and oxygen atoms in total. The lowest BCUT2D eigenvalue weighted by molar-refractivity contribution is -0.157. The molecule has 1 aromatic heterocycles. The van der Waals surface area contributed by atoms with Gasteiger partial charge in [0.25, 0.3) is 0 Å². The summed E-state index contributed by atoms with van der Waals surface area (Å²) in [6, 6.07) is 6.95. The number of nitrogens with one attached hydrogen (secondary N) is 1. The Bertz CT molecular complexity index is 745. The number of carboxylic acid groups (broad SMARTS) is 1. The molecule has 136 valence electrons. The fourth-order valence-corrected chi connectivity index (χ4v) is 2.75. The average molecular weight is 346 g/mol. The van der Waals surface area contributed by atoms with E-state index in [2.05, 4.69) is 4.98 Å². The number of benzene rings is 1. The van der Waals surface area contributed by atoms with Gasteiger partial charge in [-0.15, -0.1) is 0 Å². The van der Waals surface area contributed by atoms with Crippen LogP contribution in [-0.4, -0.2) is 33.7 Å². The van der Waals surface area contributed by atoms with Crippen LogP contribution in [0.2, 0.25) is 0 Å². The van der Waals surface area contributed by atoms with E-state index in [0.717, 1.165) is 16.5 Å². The molecule has 2 atom stereocenters. The van der Waals surface area contributed by atoms with E-state index >= 15 is 0 Å². The van der Waals surface area contributed by atoms with Crippen molar-refractivity contribution in [1.82, 2.24) is 4.98 Å². The van der Waals surface area contributed by atoms with Crippen molar-refractivity contribution in [3.63, 3.8) is 0 Å². The van der Waals surface area contributed by atoms with E-state index in [1.54, 1.807) is 20.8 Å². The van der Waals surface area contributed by atoms with Crippen LogP contribution in [0.15, 0.2) is 30.5 Å². The van der Waals surface area contributed by atoms with Crippen LogP contribution in [0.1, 0.15) is 39.2 Å². The maximum atomic E-state index is 11.9. The molecule has 0 saturated carbocycles. The number of carbonyl (C=O) groups is 2. The minimum Gasteiger partial charge on any atom is -0.481 e. The van der Waals surface area contributed by atoms with E-state index in [0.29, 0.717) is 12.8 Å². The normalized spacial score (nSPS) is 14.2. The standard InChI is InChI=1S/C19H26N2O4/c1-19(2,3)25-18(24)15(20)9-8-12(17(22)23)10-13-11-21-16-7-5-4-6-14(13)16/h4-7,11-12,15,21H,8-10,20H2,1-3H3,(H,22,23). The molecular formula is C19H26N2O4. The first-order valence-corrected chi connectivity index (χ1v) is 8.43. The Morgan fingerprint density at radius 2 is 1.92 bits per heavy atom. The lowest BCUT2D eigenvalue weighted by Gasteiger charge is -2.22. The number of aromatic nitrogens is 1. The van der Waals surface area contributed by atoms with E-state index in [4.69, 9.17) is 10.5 Å². The molecule has 0 saturated heterocycles. The number of nitrogens with two attached hydrogens (primary N) is 1. The molecule has 2 aromatic rings. The first-order valence-electron chi connectivity index (χ1n) is 8.43. The zero-order valence-corrected chi connectivity index (χ0v) is 14.9. The van der Waals surface area contributed by atoms with Gasteiger partial charge in [0.2, 0.25) is 0 Å². The number of rotatable bonds is 7. The van der Waals surface area contributed by atoms with E-state index in [1.165, 1.54) is 0 Å². The number of aromatic amines is 1. The highest BCUT2D eigenvalue weighted by atomic mass is 16.6. The summed E-state index contributed by atoms with van der Waals surface area (Å²) in [5, 5.41) is 10.5. The van der Waals surface area contributed by atoms with Gasteiger partial charge in [-0.05, 0) is 51.7 Å². The van der Waals surface area contributed by atoms with E-state index < -0.39 is 29.5 Å². The summed E-state index contributed by atoms with van der Waals surface area (Å²) in [6.45, 7) is 5.32. The van der Waals surface area contributed by atoms with Crippen LogP contribution in [-0.2, 0) is 20.7 Å². The molecule has 0 aliphatic rings. The Labute approximate surface area is 147 Å². The van der Waals surface area contributed by atoms with Crippen LogP contribution >= 0.6 is 0 Å². The number of aliphatic carboxylic acids is 1. The summed E-state index contributed by atoms with van der Waals surface area (Å²) in [6.07, 6.45) is 2.82. The molecule has 0 aliphatic heterocycles. The fraction of sp³-hybridized carbons (Fsp3) is 0.474. The number of carboxylic acids is 1. The number of carbonyl (C=O) groups excluding carboxylic acids is 1. The first kappa shape index (κ1) is 19.0. The van der Waals surface area contributed by atoms with Gasteiger partial charge in [-0.2, -0.15) is 0 Å². The van der Waals surface area contributed by atoms with Crippen LogP contribution in [0.5, 0.6) is 0 Å². The molecule has 0 amide bonds. The largest absolute Gasteiger partial charge is 0.481 e. The summed E-state index contributed by atoms with van der Waals surface area (Å²) in [5.74, 6) is -1.99. The number of hydrogen-bond acceptors (Lipinski definition) is 4. The maximum Gasteiger partial charge on any atom is 0.323 e. The smallest absolute Gasteiger partial charge is 0.323 e. The van der Waals surface area contributed by atoms with Gasteiger partial charge in [-0.25, -0.2) is 0 Å². The van der Waals surface area contributed by atoms with Gasteiger partial charge in [0.1, 0.15) is 11.6 Å². The Balaban J connectivity index is 1.99. The Morgan fingerprint density at radius 3 is 2.56 bits per heavy atom. The third-order valence-electron chi connectivity index (χ3n) is 4.03. The van der Waals surface area contributed by atoms with Gasteiger partial charge in [0.15, 0.2) is 0 Å². The third kappa shape index (κ3) is 5.32. The van der Waals surface area contributed by atoms with Crippen LogP contribution in [0.4, 0.5) is 0 Å². The molecule has 0 bridgehead atoms. The number of para-hydroxylation sites is 1. The van der Waals surface area contributed by atoms with E-state index in [-0.39, 0.29) is 6.42 Å². The fourth-order valence-electron chi connectivity index (χ4n) is 2.75. The maximum absolute atomic E-state index is 11.9. The number of esters is 1. The van der Waals surface area contributed by atoms with E-state index in [9.17, 15) is 14.7 Å². The summed E-state index contributed by atoms with van der Waals surface area (Å²) >= 11 is 0. The quantitative estimate of drug-likeness (QED) is 0.669. The topological polar surface area (TPSA) is 105 Å². The molecule has 1 aromatic carbocycles. The van der Waals surface area contributed by atoms with Crippen molar-refractivity contribution in [3.05, 3.63) is 36.0 Å². The first-order chi connectivity index (χ1) is 11.7. The predicted molar refractivity (Wildman–Crippen MR) is 96.2 cm³/mol. The Kier molecular flexibility index (Phi) is 5.85. The van der Waals surface area contributed by atoms with Crippen molar-refractivity contribution >= 4 is 22.8 Å². The van der Waals surface area contributed by atoms with Gasteiger partial charge in [0.05, 0.1) is 5.92 Å². The van der Waals surface area contributed by atoms with Crippen molar-refractivity contribution in [1.29, 1.82) is 0 Å². The molecule has 4 N–H and O–H groups in total. The van der Waals surface area contributed by atoms with Gasteiger partial charge < -0.3 is 20.6 Å². The highest BCUT2D eigenvalue weighted by molar-refractivity contribution is 5.84. The molecule has 0 radical (unpaired) electrons. The molecule has 2 unspecified atom stereocenters. The summed E-state index contributed by atoms with van der Waals surface area (Å²) in [4.78, 5) is 26.7. The Morgan fingerprint density at radius 1 is 1.24 bits per heavy atom. The van der Waals surface area contributed by atoms with Crippen molar-refractivity contribution in [2.75, 3.05) is 0 Å². The SMILES string of the molecule is CC(C)(C)OC(=O)C(N)CCC(Cc1c[nH]c2ccccc12)C(=O)O. The molecular weight excluding hydrogens is 320 g/mol. The molecule has 25 heavy (non-hydrogen) atoms. The lowest BCUT2D eigenvalue weighted by Crippen LogP contribution is -2.38. The number of H-pyrrole nitrogens is 1. The van der Waals surface area contributed by atoms with Crippen molar-refractivity contribution < 1.29 is 19.4 Å². The molecule has 0 aliphatic carbocycles. The second-order valence-electron chi connectivity index (χ2n) is 7.32. The minimum atomic E-state index is -0.887. The van der Waals surface area contributed by atoms with Crippen LogP contribution < -0.4 is 5.73 Å². The minimum absolute atomic E-state index is 0.272. The van der Waals surface area contributed by atoms with Crippen LogP contribution in [0.3, 0.4) is 0 Å². The van der Waals surface area contributed by atoms with Crippen LogP contribution in [0.25, 0.3) is 10.9 Å². The second kappa shape index (κ2) is 7.70. The Hall–Kier alpha value is -2.34. The third-order valence-corrected chi connectivity index (χ3v) is 4.03. The summed E-state index contributed by atoms with van der Waals surface area (Å²) in [5.41, 5.74) is 7.19. The summed E-state index contributed by atoms with van der Waals surface area (Å²) in [7, 11) is 0. The second-order valence-corrected chi connectivity index (χ2v) is 7.32. The van der Waals surface area contributed by atoms with E-state index in [1.807, 2.05) is 30.5 Å². The van der Waals surface area contributed by atoms with Gasteiger partial charge in [0, 0.05) is 17.1 Å². The van der Waals surface area contributed by atoms with Crippen molar-refractivity contribution in [2.45, 2.75) is 51.7 Å². The van der Waals surface area contributed by atoms with Gasteiger partial charge >= 0.3 is 11.9 Å². The summed E-state index contributed by atoms with van der Waals surface area (Å²) < 4.78 is 5.24. The molecule has 1 heterocycles.